The van der Waals surface area contributed by atoms with Crippen molar-refractivity contribution in [2.75, 3.05) is 6.61 Å². The predicted octanol–water partition coefficient (Wildman–Crippen LogP) is 2.51. The van der Waals surface area contributed by atoms with E-state index in [2.05, 4.69) is 11.9 Å². The van der Waals surface area contributed by atoms with Crippen molar-refractivity contribution in [3.8, 4) is 5.75 Å². The summed E-state index contributed by atoms with van der Waals surface area (Å²) in [4.78, 5) is 24.3. The minimum atomic E-state index is -1.04. The van der Waals surface area contributed by atoms with Crippen LogP contribution in [0.1, 0.15) is 37.7 Å². The van der Waals surface area contributed by atoms with Gasteiger partial charge in [-0.2, -0.15) is 0 Å². The van der Waals surface area contributed by atoms with Crippen molar-refractivity contribution in [3.05, 3.63) is 49.0 Å². The molecular weight excluding hydrogens is 304 g/mol. The highest BCUT2D eigenvalue weighted by Crippen LogP contribution is 2.36. The minimum Gasteiger partial charge on any atom is -0.490 e. The number of benzene rings is 1. The average molecular weight is 329 g/mol. The van der Waals surface area contributed by atoms with Gasteiger partial charge in [-0.3, -0.25) is 9.59 Å². The summed E-state index contributed by atoms with van der Waals surface area (Å²) >= 11 is 0. The first-order valence-electron chi connectivity index (χ1n) is 8.34. The maximum Gasteiger partial charge on any atom is 0.235 e. The van der Waals surface area contributed by atoms with Crippen molar-refractivity contribution in [3.63, 3.8) is 0 Å². The van der Waals surface area contributed by atoms with Gasteiger partial charge >= 0.3 is 0 Å². The van der Waals surface area contributed by atoms with Gasteiger partial charge in [-0.1, -0.05) is 44.1 Å². The van der Waals surface area contributed by atoms with E-state index in [9.17, 15) is 9.59 Å². The van der Waals surface area contributed by atoms with Gasteiger partial charge in [-0.15, -0.1) is 0 Å². The van der Waals surface area contributed by atoms with Gasteiger partial charge in [-0.05, 0) is 37.0 Å². The molecular formula is C19H25N2O3. The molecule has 0 spiro atoms. The van der Waals surface area contributed by atoms with Crippen LogP contribution in [0.3, 0.4) is 0 Å². The molecule has 0 heterocycles. The molecule has 24 heavy (non-hydrogen) atoms. The molecule has 1 aliphatic carbocycles. The van der Waals surface area contributed by atoms with Gasteiger partial charge in [0.15, 0.2) is 0 Å². The van der Waals surface area contributed by atoms with E-state index in [1.54, 1.807) is 12.6 Å². The maximum atomic E-state index is 12.5. The van der Waals surface area contributed by atoms with Crippen LogP contribution in [-0.4, -0.2) is 18.4 Å². The molecule has 1 radical (unpaired) electrons. The summed E-state index contributed by atoms with van der Waals surface area (Å²) in [5.74, 6) is -0.0185. The molecule has 1 aromatic carbocycles. The molecule has 1 aliphatic rings. The fourth-order valence-corrected chi connectivity index (χ4v) is 3.02. The van der Waals surface area contributed by atoms with Crippen molar-refractivity contribution in [1.29, 1.82) is 0 Å². The molecule has 0 unspecified atom stereocenters. The Morgan fingerprint density at radius 3 is 2.46 bits per heavy atom. The molecule has 2 amide bonds. The van der Waals surface area contributed by atoms with Crippen LogP contribution in [0.15, 0.2) is 36.9 Å². The lowest BCUT2D eigenvalue weighted by molar-refractivity contribution is -0.143. The van der Waals surface area contributed by atoms with E-state index in [1.807, 2.05) is 24.3 Å². The summed E-state index contributed by atoms with van der Waals surface area (Å²) in [5, 5.41) is 2.76. The average Bonchev–Trinajstić information content (AvgIpc) is 2.61. The van der Waals surface area contributed by atoms with E-state index >= 15 is 0 Å². The van der Waals surface area contributed by atoms with Crippen LogP contribution < -0.4 is 15.8 Å². The monoisotopic (exact) mass is 329 g/mol. The molecule has 0 atom stereocenters. The first-order chi connectivity index (χ1) is 11.6. The Morgan fingerprint density at radius 1 is 1.21 bits per heavy atom. The fourth-order valence-electron chi connectivity index (χ4n) is 3.02. The lowest BCUT2D eigenvalue weighted by atomic mass is 9.72. The van der Waals surface area contributed by atoms with Gasteiger partial charge in [0.05, 0.1) is 6.54 Å². The number of carbonyl (C=O) groups is 2. The molecule has 1 aromatic rings. The van der Waals surface area contributed by atoms with E-state index in [0.29, 0.717) is 25.9 Å². The summed E-state index contributed by atoms with van der Waals surface area (Å²) in [6.07, 6.45) is 6.12. The predicted molar refractivity (Wildman–Crippen MR) is 93.0 cm³/mol. The van der Waals surface area contributed by atoms with Gasteiger partial charge in [0.1, 0.15) is 17.8 Å². The number of ether oxygens (including phenoxy) is 1. The van der Waals surface area contributed by atoms with E-state index < -0.39 is 11.3 Å². The normalized spacial score (nSPS) is 16.2. The molecule has 0 aliphatic heterocycles. The van der Waals surface area contributed by atoms with Gasteiger partial charge in [0, 0.05) is 0 Å². The number of hydrogen-bond donors (Lipinski definition) is 2. The Bertz CT molecular complexity index is 575. The molecule has 5 heteroatoms. The smallest absolute Gasteiger partial charge is 0.235 e. The zero-order valence-corrected chi connectivity index (χ0v) is 13.9. The number of hydrogen-bond acceptors (Lipinski definition) is 3. The molecule has 2 rings (SSSR count). The van der Waals surface area contributed by atoms with Crippen LogP contribution in [-0.2, 0) is 16.0 Å². The standard InChI is InChI=1S/C19H25N2O3/c1-2-14-24-16-8-6-15(7-9-16)10-13-21-18(23)19(17(20)22)11-4-3-5-12-19/h2,6-9,13H,1,3-5,10-12,14H2,(H2,20,22)(H,21,23). The van der Waals surface area contributed by atoms with Crippen molar-refractivity contribution in [2.24, 2.45) is 11.1 Å². The van der Waals surface area contributed by atoms with E-state index in [0.717, 1.165) is 30.6 Å². The number of primary amides is 1. The second kappa shape index (κ2) is 8.52. The largest absolute Gasteiger partial charge is 0.490 e. The highest BCUT2D eigenvalue weighted by atomic mass is 16.5. The summed E-state index contributed by atoms with van der Waals surface area (Å²) < 4.78 is 5.42. The van der Waals surface area contributed by atoms with Crippen molar-refractivity contribution in [1.82, 2.24) is 5.32 Å². The fraction of sp³-hybridized carbons (Fsp3) is 0.421. The van der Waals surface area contributed by atoms with Gasteiger partial charge < -0.3 is 15.8 Å². The van der Waals surface area contributed by atoms with Gasteiger partial charge in [0.2, 0.25) is 11.8 Å². The molecule has 1 fully saturated rings. The Balaban J connectivity index is 1.85. The van der Waals surface area contributed by atoms with Crippen LogP contribution in [0, 0.1) is 12.0 Å². The van der Waals surface area contributed by atoms with Crippen LogP contribution in [0.5, 0.6) is 5.75 Å². The summed E-state index contributed by atoms with van der Waals surface area (Å²) in [5.41, 5.74) is 5.50. The quantitative estimate of drug-likeness (QED) is 0.568. The number of nitrogens with one attached hydrogen (secondary N) is 1. The highest BCUT2D eigenvalue weighted by molar-refractivity contribution is 6.04. The zero-order chi connectivity index (χ0) is 17.4. The number of amides is 2. The van der Waals surface area contributed by atoms with E-state index in [1.165, 1.54) is 0 Å². The molecule has 3 N–H and O–H groups in total. The Hall–Kier alpha value is -2.30. The highest BCUT2D eigenvalue weighted by Gasteiger charge is 2.44. The lowest BCUT2D eigenvalue weighted by Gasteiger charge is -2.32. The third-order valence-corrected chi connectivity index (χ3v) is 4.48. The SMILES string of the molecule is C=CCOc1ccc(C[CH]NC(=O)C2(C(N)=O)CCCCC2)cc1. The number of nitrogens with two attached hydrogens (primary N) is 1. The third kappa shape index (κ3) is 4.37. The third-order valence-electron chi connectivity index (χ3n) is 4.48. The molecule has 1 saturated carbocycles. The van der Waals surface area contributed by atoms with Gasteiger partial charge in [-0.25, -0.2) is 0 Å². The van der Waals surface area contributed by atoms with E-state index in [-0.39, 0.29) is 5.91 Å². The van der Waals surface area contributed by atoms with Crippen molar-refractivity contribution >= 4 is 11.8 Å². The molecule has 0 saturated heterocycles. The number of carbonyl (C=O) groups excluding carboxylic acids is 2. The Labute approximate surface area is 143 Å². The molecule has 129 valence electrons. The van der Waals surface area contributed by atoms with Crippen molar-refractivity contribution in [2.45, 2.75) is 38.5 Å². The topological polar surface area (TPSA) is 81.4 Å². The first kappa shape index (κ1) is 18.0. The first-order valence-corrected chi connectivity index (χ1v) is 8.34. The summed E-state index contributed by atoms with van der Waals surface area (Å²) in [6.45, 7) is 5.75. The lowest BCUT2D eigenvalue weighted by Crippen LogP contribution is -2.50. The molecule has 0 aromatic heterocycles. The van der Waals surface area contributed by atoms with Crippen molar-refractivity contribution < 1.29 is 14.3 Å². The summed E-state index contributed by atoms with van der Waals surface area (Å²) in [7, 11) is 0. The second-order valence-corrected chi connectivity index (χ2v) is 6.13. The van der Waals surface area contributed by atoms with Gasteiger partial charge in [0.25, 0.3) is 0 Å². The maximum absolute atomic E-state index is 12.5. The summed E-state index contributed by atoms with van der Waals surface area (Å²) in [6, 6.07) is 7.62. The van der Waals surface area contributed by atoms with Crippen LogP contribution in [0.2, 0.25) is 0 Å². The Morgan fingerprint density at radius 2 is 1.88 bits per heavy atom. The second-order valence-electron chi connectivity index (χ2n) is 6.13. The Kier molecular flexibility index (Phi) is 6.41. The van der Waals surface area contributed by atoms with Crippen LogP contribution in [0.4, 0.5) is 0 Å². The minimum absolute atomic E-state index is 0.277. The van der Waals surface area contributed by atoms with Crippen LogP contribution >= 0.6 is 0 Å². The zero-order valence-electron chi connectivity index (χ0n) is 13.9. The molecule has 0 bridgehead atoms. The van der Waals surface area contributed by atoms with Crippen LogP contribution in [0.25, 0.3) is 0 Å². The molecule has 5 nitrogen and oxygen atoms in total. The number of rotatable bonds is 8. The van der Waals surface area contributed by atoms with E-state index in [4.69, 9.17) is 10.5 Å².